The molecular weight excluding hydrogens is 160 g/mol. The lowest BCUT2D eigenvalue weighted by Gasteiger charge is -2.05. The summed E-state index contributed by atoms with van der Waals surface area (Å²) in [5.41, 5.74) is 1.18. The van der Waals surface area contributed by atoms with Crippen LogP contribution < -0.4 is 5.32 Å². The number of hydrogen-bond donors (Lipinski definition) is 1. The molecule has 3 heteroatoms. The van der Waals surface area contributed by atoms with Crippen molar-refractivity contribution in [2.24, 2.45) is 0 Å². The molecule has 1 nitrogen and oxygen atoms in total. The van der Waals surface area contributed by atoms with Crippen molar-refractivity contribution in [3.05, 3.63) is 42.1 Å². The maximum atomic E-state index is 12.6. The molecule has 0 aliphatic carbocycles. The highest BCUT2D eigenvalue weighted by molar-refractivity contribution is 5.52. The van der Waals surface area contributed by atoms with Crippen LogP contribution in [0.1, 0.15) is 5.56 Å². The summed E-state index contributed by atoms with van der Waals surface area (Å²) >= 11 is 0. The van der Waals surface area contributed by atoms with E-state index in [0.717, 1.165) is 12.1 Å². The SMILES string of the molecule is C=CNc1cc(F)c(F)cc1C. The third-order valence-corrected chi connectivity index (χ3v) is 1.52. The standard InChI is InChI=1S/C9H9F2N/c1-3-12-9-5-8(11)7(10)4-6(9)2/h3-5,12H,1H2,2H3. The van der Waals surface area contributed by atoms with E-state index < -0.39 is 11.6 Å². The summed E-state index contributed by atoms with van der Waals surface area (Å²) in [5.74, 6) is -1.69. The lowest BCUT2D eigenvalue weighted by atomic mass is 10.2. The molecule has 0 aromatic heterocycles. The molecular formula is C9H9F2N. The van der Waals surface area contributed by atoms with Crippen molar-refractivity contribution in [2.75, 3.05) is 5.32 Å². The van der Waals surface area contributed by atoms with Crippen LogP contribution in [0.4, 0.5) is 14.5 Å². The Bertz CT molecular complexity index is 308. The van der Waals surface area contributed by atoms with Crippen LogP contribution in [0.15, 0.2) is 24.9 Å². The predicted octanol–water partition coefficient (Wildman–Crippen LogP) is 2.83. The highest BCUT2D eigenvalue weighted by Crippen LogP contribution is 2.18. The van der Waals surface area contributed by atoms with Crippen molar-refractivity contribution in [1.82, 2.24) is 0 Å². The number of rotatable bonds is 2. The first-order valence-electron chi connectivity index (χ1n) is 3.48. The zero-order valence-electron chi connectivity index (χ0n) is 6.70. The van der Waals surface area contributed by atoms with Crippen LogP contribution in [0.5, 0.6) is 0 Å². The van der Waals surface area contributed by atoms with Gasteiger partial charge in [0, 0.05) is 11.8 Å². The average Bonchev–Trinajstić information content (AvgIpc) is 2.01. The van der Waals surface area contributed by atoms with Crippen LogP contribution in [0.2, 0.25) is 0 Å². The third-order valence-electron chi connectivity index (χ3n) is 1.52. The number of hydrogen-bond acceptors (Lipinski definition) is 1. The Morgan fingerprint density at radius 3 is 2.50 bits per heavy atom. The molecule has 0 amide bonds. The molecule has 0 heterocycles. The Morgan fingerprint density at radius 2 is 1.92 bits per heavy atom. The van der Waals surface area contributed by atoms with Crippen molar-refractivity contribution in [3.8, 4) is 0 Å². The van der Waals surface area contributed by atoms with Gasteiger partial charge in [0.05, 0.1) is 0 Å². The number of halogens is 2. The fourth-order valence-electron chi connectivity index (χ4n) is 0.912. The van der Waals surface area contributed by atoms with Gasteiger partial charge in [0.15, 0.2) is 11.6 Å². The summed E-state index contributed by atoms with van der Waals surface area (Å²) in [6, 6.07) is 2.24. The van der Waals surface area contributed by atoms with Gasteiger partial charge in [-0.2, -0.15) is 0 Å². The van der Waals surface area contributed by atoms with E-state index in [1.165, 1.54) is 6.20 Å². The third kappa shape index (κ3) is 1.61. The Labute approximate surface area is 69.7 Å². The topological polar surface area (TPSA) is 12.0 Å². The average molecular weight is 169 g/mol. The Kier molecular flexibility index (Phi) is 2.43. The number of anilines is 1. The molecule has 1 aromatic rings. The molecule has 0 radical (unpaired) electrons. The summed E-state index contributed by atoms with van der Waals surface area (Å²) in [6.07, 6.45) is 1.42. The lowest BCUT2D eigenvalue weighted by molar-refractivity contribution is 0.508. The first-order valence-corrected chi connectivity index (χ1v) is 3.48. The second-order valence-electron chi connectivity index (χ2n) is 2.43. The smallest absolute Gasteiger partial charge is 0.160 e. The van der Waals surface area contributed by atoms with Gasteiger partial charge in [-0.15, -0.1) is 0 Å². The van der Waals surface area contributed by atoms with Crippen LogP contribution in [-0.2, 0) is 0 Å². The van der Waals surface area contributed by atoms with Gasteiger partial charge in [0.1, 0.15) is 0 Å². The van der Waals surface area contributed by atoms with Gasteiger partial charge in [0.25, 0.3) is 0 Å². The summed E-state index contributed by atoms with van der Waals surface area (Å²) in [4.78, 5) is 0. The number of nitrogens with one attached hydrogen (secondary N) is 1. The van der Waals surface area contributed by atoms with Gasteiger partial charge in [-0.25, -0.2) is 8.78 Å². The van der Waals surface area contributed by atoms with E-state index in [9.17, 15) is 8.78 Å². The Morgan fingerprint density at radius 1 is 1.33 bits per heavy atom. The minimum atomic E-state index is -0.857. The van der Waals surface area contributed by atoms with Gasteiger partial charge in [-0.05, 0) is 24.8 Å². The second-order valence-corrected chi connectivity index (χ2v) is 2.43. The minimum absolute atomic E-state index is 0.531. The van der Waals surface area contributed by atoms with E-state index in [4.69, 9.17) is 0 Å². The highest BCUT2D eigenvalue weighted by Gasteiger charge is 2.04. The van der Waals surface area contributed by atoms with Crippen LogP contribution in [0.3, 0.4) is 0 Å². The second kappa shape index (κ2) is 3.34. The monoisotopic (exact) mass is 169 g/mol. The van der Waals surface area contributed by atoms with Gasteiger partial charge >= 0.3 is 0 Å². The summed E-state index contributed by atoms with van der Waals surface area (Å²) in [7, 11) is 0. The molecule has 0 fully saturated rings. The highest BCUT2D eigenvalue weighted by atomic mass is 19.2. The molecule has 0 aliphatic rings. The number of aryl methyl sites for hydroxylation is 1. The van der Waals surface area contributed by atoms with Crippen molar-refractivity contribution in [1.29, 1.82) is 0 Å². The summed E-state index contributed by atoms with van der Waals surface area (Å²) in [6.45, 7) is 5.11. The molecule has 0 saturated carbocycles. The molecule has 0 spiro atoms. The first kappa shape index (κ1) is 8.71. The first-order chi connectivity index (χ1) is 5.65. The van der Waals surface area contributed by atoms with Crippen molar-refractivity contribution < 1.29 is 8.78 Å². The molecule has 12 heavy (non-hydrogen) atoms. The molecule has 64 valence electrons. The molecule has 0 atom stereocenters. The largest absolute Gasteiger partial charge is 0.362 e. The van der Waals surface area contributed by atoms with Crippen molar-refractivity contribution in [2.45, 2.75) is 6.92 Å². The van der Waals surface area contributed by atoms with Crippen molar-refractivity contribution in [3.63, 3.8) is 0 Å². The zero-order chi connectivity index (χ0) is 9.14. The molecule has 1 N–H and O–H groups in total. The van der Waals surface area contributed by atoms with E-state index in [1.54, 1.807) is 6.92 Å². The van der Waals surface area contributed by atoms with E-state index in [0.29, 0.717) is 11.3 Å². The molecule has 0 aliphatic heterocycles. The minimum Gasteiger partial charge on any atom is -0.362 e. The van der Waals surface area contributed by atoms with E-state index in [-0.39, 0.29) is 0 Å². The fraction of sp³-hybridized carbons (Fsp3) is 0.111. The summed E-state index contributed by atoms with van der Waals surface area (Å²) in [5, 5.41) is 2.70. The zero-order valence-corrected chi connectivity index (χ0v) is 6.70. The van der Waals surface area contributed by atoms with Gasteiger partial charge in [-0.3, -0.25) is 0 Å². The fourth-order valence-corrected chi connectivity index (χ4v) is 0.912. The molecule has 0 saturated heterocycles. The van der Waals surface area contributed by atoms with E-state index in [1.807, 2.05) is 0 Å². The van der Waals surface area contributed by atoms with Crippen molar-refractivity contribution >= 4 is 5.69 Å². The van der Waals surface area contributed by atoms with E-state index >= 15 is 0 Å². The maximum absolute atomic E-state index is 12.6. The normalized spacial score (nSPS) is 9.58. The maximum Gasteiger partial charge on any atom is 0.160 e. The summed E-state index contributed by atoms with van der Waals surface area (Å²) < 4.78 is 25.2. The molecule has 1 aromatic carbocycles. The molecule has 0 unspecified atom stereocenters. The van der Waals surface area contributed by atoms with Crippen LogP contribution in [0, 0.1) is 18.6 Å². The van der Waals surface area contributed by atoms with Gasteiger partial charge in [0.2, 0.25) is 0 Å². The Hall–Kier alpha value is -1.38. The van der Waals surface area contributed by atoms with Gasteiger partial charge in [-0.1, -0.05) is 6.58 Å². The Balaban J connectivity index is 3.13. The predicted molar refractivity (Wildman–Crippen MR) is 44.9 cm³/mol. The van der Waals surface area contributed by atoms with Crippen LogP contribution in [-0.4, -0.2) is 0 Å². The molecule has 1 rings (SSSR count). The van der Waals surface area contributed by atoms with Crippen LogP contribution in [0.25, 0.3) is 0 Å². The lowest BCUT2D eigenvalue weighted by Crippen LogP contribution is -1.93. The van der Waals surface area contributed by atoms with E-state index in [2.05, 4.69) is 11.9 Å². The molecule has 0 bridgehead atoms. The van der Waals surface area contributed by atoms with Gasteiger partial charge < -0.3 is 5.32 Å². The number of benzene rings is 1. The van der Waals surface area contributed by atoms with Crippen LogP contribution >= 0.6 is 0 Å². The quantitative estimate of drug-likeness (QED) is 0.717.